The van der Waals surface area contributed by atoms with Gasteiger partial charge in [-0.05, 0) is 43.9 Å². The van der Waals surface area contributed by atoms with Gasteiger partial charge in [0.2, 0.25) is 0 Å². The molecule has 0 aromatic heterocycles. The zero-order valence-corrected chi connectivity index (χ0v) is 17.3. The molecule has 1 nitrogen and oxygen atoms in total. The van der Waals surface area contributed by atoms with E-state index in [4.69, 9.17) is 4.74 Å². The van der Waals surface area contributed by atoms with Crippen molar-refractivity contribution in [2.75, 3.05) is 13.2 Å². The van der Waals surface area contributed by atoms with Crippen molar-refractivity contribution >= 4 is 8.07 Å². The molecule has 134 valence electrons. The van der Waals surface area contributed by atoms with Crippen LogP contribution >= 0.6 is 0 Å². The monoisotopic (exact) mass is 344 g/mol. The van der Waals surface area contributed by atoms with Crippen molar-refractivity contribution in [1.29, 1.82) is 0 Å². The fourth-order valence-corrected chi connectivity index (χ4v) is 3.10. The predicted octanol–water partition coefficient (Wildman–Crippen LogP) is 6.23. The fourth-order valence-electron chi connectivity index (χ4n) is 2.58. The van der Waals surface area contributed by atoms with E-state index in [-0.39, 0.29) is 0 Å². The Labute approximate surface area is 151 Å². The zero-order chi connectivity index (χ0) is 17.7. The van der Waals surface area contributed by atoms with E-state index in [2.05, 4.69) is 62.3 Å². The molecule has 2 heteroatoms. The predicted molar refractivity (Wildman–Crippen MR) is 109 cm³/mol. The number of ether oxygens (including phenoxy) is 1. The van der Waals surface area contributed by atoms with Gasteiger partial charge in [0.05, 0.1) is 0 Å². The molecule has 0 amide bonds. The first-order valence-corrected chi connectivity index (χ1v) is 13.2. The van der Waals surface area contributed by atoms with E-state index in [1.54, 1.807) is 0 Å². The Morgan fingerprint density at radius 3 is 2.00 bits per heavy atom. The van der Waals surface area contributed by atoms with E-state index < -0.39 is 8.07 Å². The number of aryl methyl sites for hydroxylation is 1. The second-order valence-electron chi connectivity index (χ2n) is 7.62. The summed E-state index contributed by atoms with van der Waals surface area (Å²) in [6.07, 6.45) is 10.5. The first-order chi connectivity index (χ1) is 11.5. The number of rotatable bonds is 11. The quantitative estimate of drug-likeness (QED) is 0.263. The van der Waals surface area contributed by atoms with Gasteiger partial charge < -0.3 is 4.74 Å². The zero-order valence-electron chi connectivity index (χ0n) is 16.3. The third kappa shape index (κ3) is 11.5. The summed E-state index contributed by atoms with van der Waals surface area (Å²) in [6.45, 7) is 10.7. The van der Waals surface area contributed by atoms with Gasteiger partial charge in [-0.3, -0.25) is 0 Å². The summed E-state index contributed by atoms with van der Waals surface area (Å²) in [4.78, 5) is 0. The highest BCUT2D eigenvalue weighted by molar-refractivity contribution is 6.83. The Bertz CT molecular complexity index is 487. The van der Waals surface area contributed by atoms with E-state index in [1.807, 2.05) is 0 Å². The largest absolute Gasteiger partial charge is 0.382 e. The topological polar surface area (TPSA) is 9.23 Å². The van der Waals surface area contributed by atoms with Gasteiger partial charge in [0, 0.05) is 18.8 Å². The molecule has 0 heterocycles. The van der Waals surface area contributed by atoms with Gasteiger partial charge in [0.15, 0.2) is 0 Å². The highest BCUT2D eigenvalue weighted by Gasteiger charge is 2.07. The summed E-state index contributed by atoms with van der Waals surface area (Å²) >= 11 is 0. The molecule has 0 bridgehead atoms. The van der Waals surface area contributed by atoms with Crippen LogP contribution in [-0.2, 0) is 11.2 Å². The Balaban J connectivity index is 2.10. The number of unbranched alkanes of at least 4 members (excludes halogenated alkanes) is 6. The Hall–Kier alpha value is -1.04. The maximum absolute atomic E-state index is 5.36. The summed E-state index contributed by atoms with van der Waals surface area (Å²) < 4.78 is 5.36. The van der Waals surface area contributed by atoms with Crippen molar-refractivity contribution in [3.8, 4) is 11.5 Å². The Kier molecular flexibility index (Phi) is 10.8. The molecule has 0 spiro atoms. The molecule has 1 rings (SSSR count). The van der Waals surface area contributed by atoms with Crippen molar-refractivity contribution in [3.05, 3.63) is 35.4 Å². The molecule has 0 aliphatic rings. The highest BCUT2D eigenvalue weighted by Crippen LogP contribution is 2.12. The number of benzene rings is 1. The van der Waals surface area contributed by atoms with Gasteiger partial charge in [-0.25, -0.2) is 0 Å². The van der Waals surface area contributed by atoms with Crippen LogP contribution < -0.4 is 0 Å². The molecule has 1 aromatic rings. The summed E-state index contributed by atoms with van der Waals surface area (Å²) in [5.41, 5.74) is 6.04. The minimum Gasteiger partial charge on any atom is -0.382 e. The molecule has 0 N–H and O–H groups in total. The van der Waals surface area contributed by atoms with Gasteiger partial charge in [-0.15, -0.1) is 5.54 Å². The van der Waals surface area contributed by atoms with Crippen LogP contribution in [0.5, 0.6) is 0 Å². The summed E-state index contributed by atoms with van der Waals surface area (Å²) in [5.74, 6) is 3.32. The molecule has 1 aromatic carbocycles. The Morgan fingerprint density at radius 2 is 1.42 bits per heavy atom. The van der Waals surface area contributed by atoms with Gasteiger partial charge in [0.25, 0.3) is 0 Å². The van der Waals surface area contributed by atoms with E-state index in [9.17, 15) is 0 Å². The third-order valence-electron chi connectivity index (χ3n) is 3.99. The smallest absolute Gasteiger partial charge is 0.129 e. The molecule has 0 atom stereocenters. The van der Waals surface area contributed by atoms with E-state index in [0.717, 1.165) is 18.8 Å². The molecular weight excluding hydrogens is 308 g/mol. The van der Waals surface area contributed by atoms with Crippen molar-refractivity contribution in [1.82, 2.24) is 0 Å². The highest BCUT2D eigenvalue weighted by atomic mass is 28.3. The number of hydrogen-bond donors (Lipinski definition) is 0. The van der Waals surface area contributed by atoms with Crippen LogP contribution in [0.2, 0.25) is 19.6 Å². The molecule has 0 saturated heterocycles. The van der Waals surface area contributed by atoms with Crippen LogP contribution in [-0.4, -0.2) is 21.3 Å². The number of hydrogen-bond acceptors (Lipinski definition) is 1. The molecule has 0 unspecified atom stereocenters. The lowest BCUT2D eigenvalue weighted by molar-refractivity contribution is 0.143. The summed E-state index contributed by atoms with van der Waals surface area (Å²) in [6, 6.07) is 8.87. The molecule has 0 radical (unpaired) electrons. The van der Waals surface area contributed by atoms with Crippen LogP contribution in [0.1, 0.15) is 63.0 Å². The average Bonchev–Trinajstić information content (AvgIpc) is 2.55. The normalized spacial score (nSPS) is 11.2. The van der Waals surface area contributed by atoms with Crippen molar-refractivity contribution in [2.24, 2.45) is 0 Å². The first-order valence-electron chi connectivity index (χ1n) is 9.71. The van der Waals surface area contributed by atoms with E-state index in [1.165, 1.54) is 56.9 Å². The summed E-state index contributed by atoms with van der Waals surface area (Å²) in [5, 5.41) is 0. The third-order valence-corrected chi connectivity index (χ3v) is 4.87. The summed E-state index contributed by atoms with van der Waals surface area (Å²) in [7, 11) is -1.27. The van der Waals surface area contributed by atoms with Crippen LogP contribution in [0.15, 0.2) is 24.3 Å². The van der Waals surface area contributed by atoms with Crippen molar-refractivity contribution in [3.63, 3.8) is 0 Å². The lowest BCUT2D eigenvalue weighted by Crippen LogP contribution is -2.16. The second kappa shape index (κ2) is 12.3. The first kappa shape index (κ1) is 21.0. The van der Waals surface area contributed by atoms with Gasteiger partial charge in [0.1, 0.15) is 8.07 Å². The van der Waals surface area contributed by atoms with Crippen LogP contribution in [0, 0.1) is 11.5 Å². The van der Waals surface area contributed by atoms with Crippen molar-refractivity contribution in [2.45, 2.75) is 77.9 Å². The molecule has 0 aliphatic heterocycles. The molecule has 0 aliphatic carbocycles. The lowest BCUT2D eigenvalue weighted by atomic mass is 10.0. The minimum atomic E-state index is -1.27. The van der Waals surface area contributed by atoms with E-state index in [0.29, 0.717) is 0 Å². The minimum absolute atomic E-state index is 0.853. The second-order valence-corrected chi connectivity index (χ2v) is 12.4. The molecule has 0 saturated carbocycles. The molecular formula is C22H36OSi. The maximum Gasteiger partial charge on any atom is 0.129 e. The molecule has 24 heavy (non-hydrogen) atoms. The van der Waals surface area contributed by atoms with Gasteiger partial charge >= 0.3 is 0 Å². The van der Waals surface area contributed by atoms with Gasteiger partial charge in [-0.2, -0.15) is 0 Å². The maximum atomic E-state index is 5.36. The average molecular weight is 345 g/mol. The van der Waals surface area contributed by atoms with Crippen molar-refractivity contribution < 1.29 is 4.74 Å². The Morgan fingerprint density at radius 1 is 0.833 bits per heavy atom. The lowest BCUT2D eigenvalue weighted by Gasteiger charge is -2.05. The standard InChI is InChI=1S/C22H36OSi/c1-5-23-19-12-10-8-6-7-9-11-13-21-14-16-22(17-15-21)18-20-24(2,3)4/h14-17H,5-13,19H2,1-4H3. The fraction of sp³-hybridized carbons (Fsp3) is 0.636. The van der Waals surface area contributed by atoms with Crippen LogP contribution in [0.3, 0.4) is 0 Å². The van der Waals surface area contributed by atoms with Crippen LogP contribution in [0.4, 0.5) is 0 Å². The SMILES string of the molecule is CCOCCCCCCCCCc1ccc(C#C[Si](C)(C)C)cc1. The molecule has 0 fully saturated rings. The van der Waals surface area contributed by atoms with Gasteiger partial charge in [-0.1, -0.05) is 69.8 Å². The van der Waals surface area contributed by atoms with E-state index >= 15 is 0 Å². The van der Waals surface area contributed by atoms with Crippen LogP contribution in [0.25, 0.3) is 0 Å².